The van der Waals surface area contributed by atoms with Crippen LogP contribution in [0.2, 0.25) is 0 Å². The first-order valence-electron chi connectivity index (χ1n) is 18.6. The van der Waals surface area contributed by atoms with Crippen LogP contribution in [0.3, 0.4) is 0 Å². The van der Waals surface area contributed by atoms with E-state index in [9.17, 15) is 35.4 Å². The third-order valence-corrected chi connectivity index (χ3v) is 9.14. The number of aromatic hydroxyl groups is 1. The van der Waals surface area contributed by atoms with Crippen LogP contribution < -0.4 is 10.6 Å². The number of aliphatic hydroxyl groups excluding tert-OH is 3. The minimum atomic E-state index is -1.14. The van der Waals surface area contributed by atoms with Gasteiger partial charge < -0.3 is 41.3 Å². The SMILES string of the molecule is CCCCC[C@H](O)C=CC(CCc1ccccc1)=C(C[C@H](O)CO)[C@H](CCC[C@H](CCC(=O)O)NCC)NC[C@@](C)(O)Cc1ccc(O)cc1. The first-order chi connectivity index (χ1) is 24.0. The quantitative estimate of drug-likeness (QED) is 0.0425. The first kappa shape index (κ1) is 43.1. The summed E-state index contributed by atoms with van der Waals surface area (Å²) < 4.78 is 0. The van der Waals surface area contributed by atoms with Crippen molar-refractivity contribution in [2.24, 2.45) is 0 Å². The van der Waals surface area contributed by atoms with Crippen molar-refractivity contribution < 1.29 is 35.4 Å². The molecule has 50 heavy (non-hydrogen) atoms. The highest BCUT2D eigenvalue weighted by atomic mass is 16.4. The van der Waals surface area contributed by atoms with E-state index in [4.69, 9.17) is 0 Å². The van der Waals surface area contributed by atoms with Gasteiger partial charge >= 0.3 is 5.97 Å². The fourth-order valence-corrected chi connectivity index (χ4v) is 6.38. The number of phenolic OH excluding ortho intramolecular Hbond substituents is 1. The molecule has 0 spiro atoms. The molecule has 0 aliphatic carbocycles. The van der Waals surface area contributed by atoms with Gasteiger partial charge in [0.2, 0.25) is 0 Å². The maximum absolute atomic E-state index is 11.5. The standard InChI is InChI=1S/C41H64N2O7/c1-4-6-8-15-35(45)25-21-33(20-17-31-12-9-7-10-13-31)38(27-37(47)29-44)39(16-11-14-34(42-5-2)22-26-40(48)49)43-30-41(3,50)28-32-18-23-36(46)24-19-32/h7,9-10,12-13,18-19,21,23-25,34-35,37,39,42-47,50H,4-6,8,11,14-17,20,22,26-30H2,1-3H3,(H,48,49)/t34-,35+,37+,39+,41+/m1/s1. The molecular formula is C41H64N2O7. The zero-order valence-corrected chi connectivity index (χ0v) is 30.6. The molecule has 2 rings (SSSR count). The zero-order valence-electron chi connectivity index (χ0n) is 30.6. The zero-order chi connectivity index (χ0) is 36.8. The number of aliphatic hydroxyl groups is 4. The van der Waals surface area contributed by atoms with Gasteiger partial charge in [-0.1, -0.05) is 94.1 Å². The molecule has 9 heteroatoms. The molecule has 0 saturated carbocycles. The van der Waals surface area contributed by atoms with Crippen molar-refractivity contribution in [2.45, 2.75) is 134 Å². The Hall–Kier alpha value is -3.05. The van der Waals surface area contributed by atoms with Crippen LogP contribution in [0.5, 0.6) is 5.75 Å². The number of hydrogen-bond donors (Lipinski definition) is 8. The van der Waals surface area contributed by atoms with Crippen molar-refractivity contribution in [1.29, 1.82) is 0 Å². The monoisotopic (exact) mass is 696 g/mol. The summed E-state index contributed by atoms with van der Waals surface area (Å²) in [5.41, 5.74) is 2.80. The molecule has 9 nitrogen and oxygen atoms in total. The normalized spacial score (nSPS) is 16.1. The van der Waals surface area contributed by atoms with Gasteiger partial charge in [0.25, 0.3) is 0 Å². The van der Waals surface area contributed by atoms with Gasteiger partial charge in [0.1, 0.15) is 5.75 Å². The molecule has 0 aromatic heterocycles. The Morgan fingerprint density at radius 2 is 1.60 bits per heavy atom. The molecule has 0 radical (unpaired) electrons. The lowest BCUT2D eigenvalue weighted by atomic mass is 9.87. The van der Waals surface area contributed by atoms with Gasteiger partial charge in [0.15, 0.2) is 0 Å². The van der Waals surface area contributed by atoms with Gasteiger partial charge in [-0.2, -0.15) is 0 Å². The van der Waals surface area contributed by atoms with Crippen molar-refractivity contribution in [3.05, 3.63) is 89.0 Å². The highest BCUT2D eigenvalue weighted by Gasteiger charge is 2.26. The van der Waals surface area contributed by atoms with E-state index in [0.29, 0.717) is 32.1 Å². The predicted molar refractivity (Wildman–Crippen MR) is 201 cm³/mol. The second-order valence-electron chi connectivity index (χ2n) is 13.9. The minimum absolute atomic E-state index is 0.0422. The molecule has 5 atom stereocenters. The van der Waals surface area contributed by atoms with Crippen molar-refractivity contribution >= 4 is 5.97 Å². The van der Waals surface area contributed by atoms with Crippen LogP contribution in [0.1, 0.15) is 103 Å². The Kier molecular flexibility index (Phi) is 20.9. The van der Waals surface area contributed by atoms with E-state index in [-0.39, 0.29) is 37.2 Å². The van der Waals surface area contributed by atoms with Crippen molar-refractivity contribution in [3.8, 4) is 5.75 Å². The van der Waals surface area contributed by atoms with Gasteiger partial charge in [-0.05, 0) is 92.8 Å². The van der Waals surface area contributed by atoms with Crippen LogP contribution in [-0.4, -0.2) is 86.2 Å². The summed E-state index contributed by atoms with van der Waals surface area (Å²) in [5.74, 6) is -0.659. The van der Waals surface area contributed by atoms with E-state index in [2.05, 4.69) is 29.7 Å². The summed E-state index contributed by atoms with van der Waals surface area (Å²) in [6.07, 6.45) is 10.7. The van der Waals surface area contributed by atoms with E-state index in [1.54, 1.807) is 31.2 Å². The number of aliphatic carboxylic acids is 1. The highest BCUT2D eigenvalue weighted by Crippen LogP contribution is 2.27. The van der Waals surface area contributed by atoms with Gasteiger partial charge in [0, 0.05) is 31.5 Å². The number of unbranched alkanes of at least 4 members (excludes halogenated alkanes) is 2. The maximum Gasteiger partial charge on any atom is 0.303 e. The molecule has 8 N–H and O–H groups in total. The Labute approximate surface area is 300 Å². The number of benzene rings is 2. The van der Waals surface area contributed by atoms with Crippen molar-refractivity contribution in [3.63, 3.8) is 0 Å². The minimum Gasteiger partial charge on any atom is -0.508 e. The largest absolute Gasteiger partial charge is 0.508 e. The maximum atomic E-state index is 11.5. The number of hydrogen-bond acceptors (Lipinski definition) is 8. The second kappa shape index (κ2) is 24.2. The summed E-state index contributed by atoms with van der Waals surface area (Å²) in [7, 11) is 0. The summed E-state index contributed by atoms with van der Waals surface area (Å²) in [4.78, 5) is 11.3. The molecule has 280 valence electrons. The van der Waals surface area contributed by atoms with Crippen LogP contribution in [0.4, 0.5) is 0 Å². The van der Waals surface area contributed by atoms with E-state index in [1.807, 2.05) is 37.3 Å². The summed E-state index contributed by atoms with van der Waals surface area (Å²) >= 11 is 0. The summed E-state index contributed by atoms with van der Waals surface area (Å²) in [5, 5.41) is 69.3. The highest BCUT2D eigenvalue weighted by molar-refractivity contribution is 5.66. The number of carboxylic acid groups (broad SMARTS) is 1. The van der Waals surface area contributed by atoms with Gasteiger partial charge in [-0.15, -0.1) is 0 Å². The molecule has 2 aromatic rings. The lowest BCUT2D eigenvalue weighted by molar-refractivity contribution is -0.137. The van der Waals surface area contributed by atoms with Crippen LogP contribution in [0.25, 0.3) is 0 Å². The number of carbonyl (C=O) groups is 1. The Morgan fingerprint density at radius 3 is 2.24 bits per heavy atom. The van der Waals surface area contributed by atoms with Gasteiger partial charge in [-0.3, -0.25) is 4.79 Å². The smallest absolute Gasteiger partial charge is 0.303 e. The van der Waals surface area contributed by atoms with E-state index >= 15 is 0 Å². The molecule has 2 aromatic carbocycles. The fraction of sp³-hybridized carbons (Fsp3) is 0.585. The lowest BCUT2D eigenvalue weighted by Gasteiger charge is -2.31. The first-order valence-corrected chi connectivity index (χ1v) is 18.6. The summed E-state index contributed by atoms with van der Waals surface area (Å²) in [6, 6.07) is 16.7. The number of aryl methyl sites for hydroxylation is 1. The third kappa shape index (κ3) is 18.3. The molecular weight excluding hydrogens is 632 g/mol. The molecule has 0 heterocycles. The molecule has 0 amide bonds. The lowest BCUT2D eigenvalue weighted by Crippen LogP contribution is -2.45. The molecule has 0 bridgehead atoms. The Balaban J connectivity index is 2.51. The molecule has 0 aliphatic heterocycles. The predicted octanol–water partition coefficient (Wildman–Crippen LogP) is 5.83. The van der Waals surface area contributed by atoms with Crippen LogP contribution >= 0.6 is 0 Å². The number of phenols is 1. The average molecular weight is 697 g/mol. The average Bonchev–Trinajstić information content (AvgIpc) is 3.09. The topological polar surface area (TPSA) is 163 Å². The number of rotatable bonds is 27. The third-order valence-electron chi connectivity index (χ3n) is 9.14. The molecule has 0 fully saturated rings. The van der Waals surface area contributed by atoms with Crippen LogP contribution in [0, 0.1) is 0 Å². The van der Waals surface area contributed by atoms with Gasteiger partial charge in [-0.25, -0.2) is 0 Å². The number of nitrogens with one attached hydrogen (secondary N) is 2. The molecule has 0 aliphatic rings. The second-order valence-corrected chi connectivity index (χ2v) is 13.9. The Bertz CT molecular complexity index is 1260. The molecule has 0 unspecified atom stereocenters. The van der Waals surface area contributed by atoms with Crippen LogP contribution in [0.15, 0.2) is 77.9 Å². The van der Waals surface area contributed by atoms with Crippen molar-refractivity contribution in [2.75, 3.05) is 19.7 Å². The molecule has 0 saturated heterocycles. The van der Waals surface area contributed by atoms with Gasteiger partial charge in [0.05, 0.1) is 24.4 Å². The van der Waals surface area contributed by atoms with E-state index in [0.717, 1.165) is 67.3 Å². The van der Waals surface area contributed by atoms with E-state index < -0.39 is 30.4 Å². The Morgan fingerprint density at radius 1 is 0.880 bits per heavy atom. The number of allylic oxidation sites excluding steroid dienone is 2. The summed E-state index contributed by atoms with van der Waals surface area (Å²) in [6.45, 7) is 6.48. The van der Waals surface area contributed by atoms with Crippen LogP contribution in [-0.2, 0) is 17.6 Å². The van der Waals surface area contributed by atoms with Crippen molar-refractivity contribution in [1.82, 2.24) is 10.6 Å². The fourth-order valence-electron chi connectivity index (χ4n) is 6.38. The van der Waals surface area contributed by atoms with E-state index in [1.165, 1.54) is 0 Å². The number of carboxylic acids is 1.